The molecule has 0 bridgehead atoms. The molecule has 0 aliphatic carbocycles. The fraction of sp³-hybridized carbons (Fsp3) is 0.611. The molecular formula is C18H28N2O2. The van der Waals surface area contributed by atoms with Crippen LogP contribution in [0.25, 0.3) is 0 Å². The van der Waals surface area contributed by atoms with Crippen molar-refractivity contribution in [3.05, 3.63) is 23.8 Å². The van der Waals surface area contributed by atoms with E-state index in [1.165, 1.54) is 19.4 Å². The summed E-state index contributed by atoms with van der Waals surface area (Å²) in [5.41, 5.74) is 7.03. The van der Waals surface area contributed by atoms with Crippen LogP contribution in [0.2, 0.25) is 0 Å². The van der Waals surface area contributed by atoms with Gasteiger partial charge in [0, 0.05) is 18.2 Å². The van der Waals surface area contributed by atoms with Crippen LogP contribution in [0.1, 0.15) is 49.4 Å². The second kappa shape index (κ2) is 8.18. The Balaban J connectivity index is 1.88. The maximum Gasteiger partial charge on any atom is 0.166 e. The first kappa shape index (κ1) is 16.8. The number of Topliss-reactive ketones (excluding diaryl/α,β-unsaturated/α-hetero) is 1. The number of benzene rings is 1. The second-order valence-corrected chi connectivity index (χ2v) is 6.23. The average molecular weight is 304 g/mol. The Morgan fingerprint density at radius 2 is 2.09 bits per heavy atom. The van der Waals surface area contributed by atoms with Crippen LogP contribution in [0.5, 0.6) is 5.75 Å². The zero-order valence-corrected chi connectivity index (χ0v) is 13.8. The number of nitrogens with zero attached hydrogens (tertiary/aromatic N) is 1. The predicted molar refractivity (Wildman–Crippen MR) is 90.4 cm³/mol. The molecule has 1 aromatic rings. The number of carbonyl (C=O) groups is 1. The Hall–Kier alpha value is -1.55. The number of hydrogen-bond donors (Lipinski definition) is 1. The van der Waals surface area contributed by atoms with E-state index in [1.54, 1.807) is 25.3 Å². The van der Waals surface area contributed by atoms with Crippen molar-refractivity contribution in [2.75, 3.05) is 32.5 Å². The molecule has 2 N–H and O–H groups in total. The van der Waals surface area contributed by atoms with Gasteiger partial charge in [-0.15, -0.1) is 0 Å². The lowest BCUT2D eigenvalue weighted by molar-refractivity contribution is 0.0924. The summed E-state index contributed by atoms with van der Waals surface area (Å²) in [6.45, 7) is 5.67. The summed E-state index contributed by atoms with van der Waals surface area (Å²) in [6.07, 6.45) is 5.36. The number of nitrogens with two attached hydrogens (primary N) is 1. The van der Waals surface area contributed by atoms with E-state index in [0.717, 1.165) is 25.9 Å². The van der Waals surface area contributed by atoms with Crippen LogP contribution in [0.4, 0.5) is 5.69 Å². The fourth-order valence-corrected chi connectivity index (χ4v) is 3.11. The normalized spacial score (nSPS) is 16.6. The first-order chi connectivity index (χ1) is 10.6. The minimum atomic E-state index is 0.170. The molecule has 1 heterocycles. The lowest BCUT2D eigenvalue weighted by Gasteiger charge is -2.31. The Morgan fingerprint density at radius 1 is 1.36 bits per heavy atom. The van der Waals surface area contributed by atoms with Crippen LogP contribution in [0.15, 0.2) is 18.2 Å². The van der Waals surface area contributed by atoms with Crippen molar-refractivity contribution in [1.29, 1.82) is 0 Å². The number of methoxy groups -OCH3 is 1. The van der Waals surface area contributed by atoms with Crippen LogP contribution in [0.3, 0.4) is 0 Å². The number of carbonyl (C=O) groups excluding carboxylic acids is 1. The van der Waals surface area contributed by atoms with Crippen molar-refractivity contribution in [2.45, 2.75) is 39.0 Å². The topological polar surface area (TPSA) is 55.6 Å². The van der Waals surface area contributed by atoms with E-state index in [9.17, 15) is 4.79 Å². The molecule has 2 rings (SSSR count). The molecule has 0 atom stereocenters. The van der Waals surface area contributed by atoms with E-state index >= 15 is 0 Å². The molecule has 122 valence electrons. The number of piperidine rings is 1. The highest BCUT2D eigenvalue weighted by Crippen LogP contribution is 2.27. The second-order valence-electron chi connectivity index (χ2n) is 6.23. The molecule has 0 amide bonds. The minimum absolute atomic E-state index is 0.170. The molecule has 1 aliphatic rings. The number of likely N-dealkylation sites (tertiary alicyclic amines) is 1. The first-order valence-electron chi connectivity index (χ1n) is 8.33. The molecule has 0 radical (unpaired) electrons. The Bertz CT molecular complexity index is 494. The van der Waals surface area contributed by atoms with Crippen molar-refractivity contribution < 1.29 is 9.53 Å². The van der Waals surface area contributed by atoms with Crippen molar-refractivity contribution in [3.63, 3.8) is 0 Å². The Kier molecular flexibility index (Phi) is 6.25. The van der Waals surface area contributed by atoms with Crippen molar-refractivity contribution in [1.82, 2.24) is 4.90 Å². The van der Waals surface area contributed by atoms with Gasteiger partial charge < -0.3 is 15.4 Å². The van der Waals surface area contributed by atoms with Crippen molar-refractivity contribution in [3.8, 4) is 5.75 Å². The molecule has 0 saturated carbocycles. The molecule has 1 saturated heterocycles. The first-order valence-corrected chi connectivity index (χ1v) is 8.33. The quantitative estimate of drug-likeness (QED) is 0.620. The smallest absolute Gasteiger partial charge is 0.166 e. The van der Waals surface area contributed by atoms with E-state index < -0.39 is 0 Å². The van der Waals surface area contributed by atoms with Crippen LogP contribution < -0.4 is 10.5 Å². The average Bonchev–Trinajstić information content (AvgIpc) is 2.54. The third-order valence-corrected chi connectivity index (χ3v) is 4.54. The van der Waals surface area contributed by atoms with Gasteiger partial charge in [0.1, 0.15) is 5.75 Å². The Labute approximate surface area is 133 Å². The fourth-order valence-electron chi connectivity index (χ4n) is 3.11. The number of rotatable bonds is 7. The van der Waals surface area contributed by atoms with E-state index in [1.807, 2.05) is 0 Å². The number of unbranched alkanes of at least 4 members (excludes halogenated alkanes) is 1. The molecule has 0 unspecified atom stereocenters. The zero-order valence-electron chi connectivity index (χ0n) is 13.8. The van der Waals surface area contributed by atoms with Crippen molar-refractivity contribution in [2.24, 2.45) is 5.92 Å². The molecule has 4 nitrogen and oxygen atoms in total. The summed E-state index contributed by atoms with van der Waals surface area (Å²) in [4.78, 5) is 15.0. The van der Waals surface area contributed by atoms with E-state index in [0.29, 0.717) is 29.3 Å². The largest absolute Gasteiger partial charge is 0.496 e. The van der Waals surface area contributed by atoms with Crippen LogP contribution in [-0.2, 0) is 0 Å². The monoisotopic (exact) mass is 304 g/mol. The standard InChI is InChI=1S/C18H28N2O2/c1-3-4-9-20-10-7-14(8-11-20)12-17(21)16-6-5-15(19)13-18(16)22-2/h5-6,13-14H,3-4,7-12,19H2,1-2H3. The van der Waals surface area contributed by atoms with E-state index in [4.69, 9.17) is 10.5 Å². The van der Waals surface area contributed by atoms with E-state index in [2.05, 4.69) is 11.8 Å². The zero-order chi connectivity index (χ0) is 15.9. The van der Waals surface area contributed by atoms with Crippen LogP contribution >= 0.6 is 0 Å². The van der Waals surface area contributed by atoms with Gasteiger partial charge in [0.25, 0.3) is 0 Å². The highest BCUT2D eigenvalue weighted by atomic mass is 16.5. The third kappa shape index (κ3) is 4.47. The highest BCUT2D eigenvalue weighted by Gasteiger charge is 2.23. The third-order valence-electron chi connectivity index (χ3n) is 4.54. The summed E-state index contributed by atoms with van der Waals surface area (Å²) in [6, 6.07) is 5.27. The lowest BCUT2D eigenvalue weighted by atomic mass is 9.89. The van der Waals surface area contributed by atoms with Gasteiger partial charge in [-0.2, -0.15) is 0 Å². The van der Waals surface area contributed by atoms with Gasteiger partial charge >= 0.3 is 0 Å². The predicted octanol–water partition coefficient (Wildman–Crippen LogP) is 3.36. The maximum absolute atomic E-state index is 12.5. The molecular weight excluding hydrogens is 276 g/mol. The maximum atomic E-state index is 12.5. The van der Waals surface area contributed by atoms with Gasteiger partial charge in [0.2, 0.25) is 0 Å². The van der Waals surface area contributed by atoms with E-state index in [-0.39, 0.29) is 5.78 Å². The van der Waals surface area contributed by atoms with Gasteiger partial charge in [-0.1, -0.05) is 13.3 Å². The van der Waals surface area contributed by atoms with Gasteiger partial charge in [-0.05, 0) is 56.9 Å². The molecule has 4 heteroatoms. The highest BCUT2D eigenvalue weighted by molar-refractivity contribution is 5.99. The molecule has 1 aromatic carbocycles. The Morgan fingerprint density at radius 3 is 2.73 bits per heavy atom. The molecule has 0 spiro atoms. The lowest BCUT2D eigenvalue weighted by Crippen LogP contribution is -2.35. The summed E-state index contributed by atoms with van der Waals surface area (Å²) < 4.78 is 5.29. The minimum Gasteiger partial charge on any atom is -0.496 e. The van der Waals surface area contributed by atoms with Crippen LogP contribution in [-0.4, -0.2) is 37.4 Å². The van der Waals surface area contributed by atoms with Gasteiger partial charge in [-0.25, -0.2) is 0 Å². The summed E-state index contributed by atoms with van der Waals surface area (Å²) in [5, 5.41) is 0. The summed E-state index contributed by atoms with van der Waals surface area (Å²) in [5.74, 6) is 1.25. The van der Waals surface area contributed by atoms with Gasteiger partial charge in [0.15, 0.2) is 5.78 Å². The number of ether oxygens (including phenoxy) is 1. The summed E-state index contributed by atoms with van der Waals surface area (Å²) >= 11 is 0. The van der Waals surface area contributed by atoms with Crippen molar-refractivity contribution >= 4 is 11.5 Å². The number of hydrogen-bond acceptors (Lipinski definition) is 4. The van der Waals surface area contributed by atoms with Crippen LogP contribution in [0, 0.1) is 5.92 Å². The SMILES string of the molecule is CCCCN1CCC(CC(=O)c2ccc(N)cc2OC)CC1. The van der Waals surface area contributed by atoms with Gasteiger partial charge in [0.05, 0.1) is 12.7 Å². The molecule has 1 fully saturated rings. The molecule has 0 aromatic heterocycles. The molecule has 1 aliphatic heterocycles. The van der Waals surface area contributed by atoms with Gasteiger partial charge in [-0.3, -0.25) is 4.79 Å². The molecule has 22 heavy (non-hydrogen) atoms. The summed E-state index contributed by atoms with van der Waals surface area (Å²) in [7, 11) is 1.58. The number of nitrogen functional groups attached to an aromatic ring is 1. The number of anilines is 1. The number of ketones is 1.